The molecular formula is C20H20FN3O2. The number of methoxy groups -OCH3 is 1. The summed E-state index contributed by atoms with van der Waals surface area (Å²) in [5.74, 6) is -0.562. The zero-order valence-corrected chi connectivity index (χ0v) is 14.7. The molecule has 0 saturated heterocycles. The van der Waals surface area contributed by atoms with Gasteiger partial charge in [-0.2, -0.15) is 5.10 Å². The zero-order valence-electron chi connectivity index (χ0n) is 14.7. The third kappa shape index (κ3) is 3.97. The number of carbonyl (C=O) groups excluding carboxylic acids is 1. The summed E-state index contributed by atoms with van der Waals surface area (Å²) in [5.41, 5.74) is 3.64. The summed E-state index contributed by atoms with van der Waals surface area (Å²) in [6, 6.07) is 15.5. The molecule has 0 saturated carbocycles. The molecule has 0 aliphatic rings. The molecule has 1 heterocycles. The number of nitrogens with zero attached hydrogens (tertiary/aromatic N) is 2. The van der Waals surface area contributed by atoms with Crippen LogP contribution in [0.4, 0.5) is 4.39 Å². The molecule has 1 aromatic heterocycles. The normalized spacial score (nSPS) is 10.7. The molecule has 26 heavy (non-hydrogen) atoms. The molecule has 134 valence electrons. The van der Waals surface area contributed by atoms with Crippen LogP contribution in [0, 0.1) is 12.7 Å². The summed E-state index contributed by atoms with van der Waals surface area (Å²) in [5, 5.41) is 7.37. The number of nitrogens with one attached hydrogen (secondary N) is 1. The number of hydrogen-bond donors (Lipinski definition) is 1. The maximum absolute atomic E-state index is 13.2. The van der Waals surface area contributed by atoms with Crippen LogP contribution in [0.15, 0.2) is 54.6 Å². The van der Waals surface area contributed by atoms with Crippen LogP contribution in [-0.2, 0) is 4.74 Å². The zero-order chi connectivity index (χ0) is 18.5. The number of aromatic nitrogens is 2. The van der Waals surface area contributed by atoms with E-state index in [0.29, 0.717) is 24.5 Å². The average molecular weight is 353 g/mol. The van der Waals surface area contributed by atoms with Gasteiger partial charge in [0.1, 0.15) is 11.5 Å². The van der Waals surface area contributed by atoms with Gasteiger partial charge in [0.25, 0.3) is 5.91 Å². The van der Waals surface area contributed by atoms with Crippen LogP contribution < -0.4 is 5.32 Å². The van der Waals surface area contributed by atoms with Crippen LogP contribution in [0.2, 0.25) is 0 Å². The summed E-state index contributed by atoms with van der Waals surface area (Å²) in [6.45, 7) is 2.82. The van der Waals surface area contributed by atoms with E-state index in [2.05, 4.69) is 10.4 Å². The Labute approximate surface area is 151 Å². The molecule has 1 N–H and O–H groups in total. The second-order valence-electron chi connectivity index (χ2n) is 5.92. The third-order valence-electron chi connectivity index (χ3n) is 3.95. The lowest BCUT2D eigenvalue weighted by molar-refractivity contribution is 0.0929. The van der Waals surface area contributed by atoms with E-state index in [0.717, 1.165) is 16.8 Å². The fraction of sp³-hybridized carbons (Fsp3) is 0.200. The highest BCUT2D eigenvalue weighted by molar-refractivity contribution is 5.94. The topological polar surface area (TPSA) is 56.1 Å². The Bertz CT molecular complexity index is 886. The predicted molar refractivity (Wildman–Crippen MR) is 97.9 cm³/mol. The first-order valence-electron chi connectivity index (χ1n) is 8.28. The van der Waals surface area contributed by atoms with Crippen molar-refractivity contribution in [1.29, 1.82) is 0 Å². The number of benzene rings is 2. The van der Waals surface area contributed by atoms with Gasteiger partial charge in [0.05, 0.1) is 18.0 Å². The predicted octanol–water partition coefficient (Wildman–Crippen LogP) is 3.36. The summed E-state index contributed by atoms with van der Waals surface area (Å²) < 4.78 is 19.8. The van der Waals surface area contributed by atoms with Crippen molar-refractivity contribution in [3.8, 4) is 16.9 Å². The van der Waals surface area contributed by atoms with Gasteiger partial charge in [-0.25, -0.2) is 9.07 Å². The number of amides is 1. The Morgan fingerprint density at radius 1 is 1.15 bits per heavy atom. The molecule has 5 nitrogen and oxygen atoms in total. The van der Waals surface area contributed by atoms with E-state index in [4.69, 9.17) is 4.74 Å². The number of aryl methyl sites for hydroxylation is 1. The Balaban J connectivity index is 2.00. The molecule has 0 atom stereocenters. The lowest BCUT2D eigenvalue weighted by Gasteiger charge is -2.08. The van der Waals surface area contributed by atoms with Gasteiger partial charge in [-0.05, 0) is 49.4 Å². The van der Waals surface area contributed by atoms with Crippen LogP contribution in [0.25, 0.3) is 16.9 Å². The molecule has 0 unspecified atom stereocenters. The van der Waals surface area contributed by atoms with Crippen molar-refractivity contribution in [3.05, 3.63) is 71.7 Å². The highest BCUT2D eigenvalue weighted by atomic mass is 19.1. The number of hydrogen-bond acceptors (Lipinski definition) is 3. The first kappa shape index (κ1) is 17.8. The second-order valence-corrected chi connectivity index (χ2v) is 5.92. The molecule has 3 aromatic rings. The van der Waals surface area contributed by atoms with E-state index in [-0.39, 0.29) is 11.7 Å². The minimum absolute atomic E-state index is 0.247. The van der Waals surface area contributed by atoms with Gasteiger partial charge in [0.2, 0.25) is 0 Å². The van der Waals surface area contributed by atoms with Gasteiger partial charge in [-0.3, -0.25) is 4.79 Å². The highest BCUT2D eigenvalue weighted by Gasteiger charge is 2.17. The first-order valence-corrected chi connectivity index (χ1v) is 8.28. The molecule has 0 aliphatic carbocycles. The molecule has 0 spiro atoms. The minimum Gasteiger partial charge on any atom is -0.383 e. The van der Waals surface area contributed by atoms with Crippen molar-refractivity contribution in [2.24, 2.45) is 0 Å². The molecule has 0 bridgehead atoms. The maximum Gasteiger partial charge on any atom is 0.270 e. The van der Waals surface area contributed by atoms with Gasteiger partial charge in [-0.1, -0.05) is 17.7 Å². The van der Waals surface area contributed by atoms with Crippen LogP contribution in [0.5, 0.6) is 0 Å². The Morgan fingerprint density at radius 2 is 1.85 bits per heavy atom. The molecule has 2 aromatic carbocycles. The standard InChI is InChI=1S/C20H20FN3O2/c1-14-3-9-17(10-4-14)24-19(20(25)22-11-12-26-2)13-18(23-24)15-5-7-16(21)8-6-15/h3-10,13H,11-12H2,1-2H3,(H,22,25). The molecule has 0 radical (unpaired) electrons. The van der Waals surface area contributed by atoms with Crippen LogP contribution >= 0.6 is 0 Å². The highest BCUT2D eigenvalue weighted by Crippen LogP contribution is 2.22. The fourth-order valence-electron chi connectivity index (χ4n) is 2.54. The fourth-order valence-corrected chi connectivity index (χ4v) is 2.54. The Morgan fingerprint density at radius 3 is 2.50 bits per heavy atom. The van der Waals surface area contributed by atoms with Crippen molar-refractivity contribution < 1.29 is 13.9 Å². The number of halogens is 1. The van der Waals surface area contributed by atoms with Crippen molar-refractivity contribution in [3.63, 3.8) is 0 Å². The van der Waals surface area contributed by atoms with Crippen LogP contribution in [-0.4, -0.2) is 35.9 Å². The Hall–Kier alpha value is -2.99. The molecule has 1 amide bonds. The van der Waals surface area contributed by atoms with Gasteiger partial charge in [0, 0.05) is 19.2 Å². The Kier molecular flexibility index (Phi) is 5.43. The van der Waals surface area contributed by atoms with E-state index < -0.39 is 0 Å². The first-order chi connectivity index (χ1) is 12.6. The number of rotatable bonds is 6. The van der Waals surface area contributed by atoms with Crippen molar-refractivity contribution in [2.75, 3.05) is 20.3 Å². The van der Waals surface area contributed by atoms with Gasteiger partial charge in [0.15, 0.2) is 0 Å². The van der Waals surface area contributed by atoms with E-state index in [1.165, 1.54) is 12.1 Å². The number of carbonyl (C=O) groups is 1. The summed E-state index contributed by atoms with van der Waals surface area (Å²) >= 11 is 0. The van der Waals surface area contributed by atoms with Gasteiger partial charge < -0.3 is 10.1 Å². The van der Waals surface area contributed by atoms with E-state index in [9.17, 15) is 9.18 Å². The maximum atomic E-state index is 13.2. The number of ether oxygens (including phenoxy) is 1. The minimum atomic E-state index is -0.316. The molecule has 6 heteroatoms. The summed E-state index contributed by atoms with van der Waals surface area (Å²) in [7, 11) is 1.58. The van der Waals surface area contributed by atoms with Gasteiger partial charge in [-0.15, -0.1) is 0 Å². The molecule has 0 fully saturated rings. The molecule has 0 aliphatic heterocycles. The third-order valence-corrected chi connectivity index (χ3v) is 3.95. The van der Waals surface area contributed by atoms with Crippen molar-refractivity contribution >= 4 is 5.91 Å². The van der Waals surface area contributed by atoms with Crippen molar-refractivity contribution in [1.82, 2.24) is 15.1 Å². The quantitative estimate of drug-likeness (QED) is 0.692. The molecular weight excluding hydrogens is 333 g/mol. The lowest BCUT2D eigenvalue weighted by atomic mass is 10.1. The van der Waals surface area contributed by atoms with Crippen LogP contribution in [0.3, 0.4) is 0 Å². The summed E-state index contributed by atoms with van der Waals surface area (Å²) in [6.07, 6.45) is 0. The second kappa shape index (κ2) is 7.93. The largest absolute Gasteiger partial charge is 0.383 e. The van der Waals surface area contributed by atoms with E-state index in [1.54, 1.807) is 30.0 Å². The average Bonchev–Trinajstić information content (AvgIpc) is 3.08. The van der Waals surface area contributed by atoms with E-state index in [1.807, 2.05) is 31.2 Å². The lowest BCUT2D eigenvalue weighted by Crippen LogP contribution is -2.28. The van der Waals surface area contributed by atoms with E-state index >= 15 is 0 Å². The van der Waals surface area contributed by atoms with Gasteiger partial charge >= 0.3 is 0 Å². The van der Waals surface area contributed by atoms with Crippen molar-refractivity contribution in [2.45, 2.75) is 6.92 Å². The van der Waals surface area contributed by atoms with Crippen LogP contribution in [0.1, 0.15) is 16.1 Å². The summed E-state index contributed by atoms with van der Waals surface area (Å²) in [4.78, 5) is 12.6. The molecule has 3 rings (SSSR count). The smallest absolute Gasteiger partial charge is 0.270 e. The SMILES string of the molecule is COCCNC(=O)c1cc(-c2ccc(F)cc2)nn1-c1ccc(C)cc1. The monoisotopic (exact) mass is 353 g/mol.